The highest BCUT2D eigenvalue weighted by molar-refractivity contribution is 7.99. The van der Waals surface area contributed by atoms with Crippen LogP contribution in [0.5, 0.6) is 0 Å². The predicted octanol–water partition coefficient (Wildman–Crippen LogP) is 1.16. The first-order valence-corrected chi connectivity index (χ1v) is 4.24. The molecule has 0 aliphatic heterocycles. The fourth-order valence-corrected chi connectivity index (χ4v) is 1.27. The fourth-order valence-electron chi connectivity index (χ4n) is 0.572. The first-order chi connectivity index (χ1) is 5.43. The van der Waals surface area contributed by atoms with Crippen molar-refractivity contribution < 1.29 is 4.79 Å². The summed E-state index contributed by atoms with van der Waals surface area (Å²) in [6.45, 7) is 0. The van der Waals surface area contributed by atoms with Gasteiger partial charge in [0.1, 0.15) is 11.3 Å². The minimum absolute atomic E-state index is 0.571. The number of carbonyl (C=O) groups is 1. The van der Waals surface area contributed by atoms with Crippen molar-refractivity contribution in [3.05, 3.63) is 18.6 Å². The number of nitrogens with zero attached hydrogens (tertiary/aromatic N) is 2. The molecule has 0 N–H and O–H groups in total. The predicted molar refractivity (Wildman–Crippen MR) is 43.4 cm³/mol. The Morgan fingerprint density at radius 3 is 3.09 bits per heavy atom. The quantitative estimate of drug-likeness (QED) is 0.384. The van der Waals surface area contributed by atoms with E-state index in [2.05, 4.69) is 9.97 Å². The highest BCUT2D eigenvalue weighted by Crippen LogP contribution is 2.12. The average Bonchev–Trinajstić information content (AvgIpc) is 2.07. The Morgan fingerprint density at radius 2 is 2.45 bits per heavy atom. The van der Waals surface area contributed by atoms with Gasteiger partial charge in [-0.1, -0.05) is 0 Å². The molecule has 0 radical (unpaired) electrons. The lowest BCUT2D eigenvalue weighted by molar-refractivity contribution is -0.107. The number of hydrogen-bond acceptors (Lipinski definition) is 4. The van der Waals surface area contributed by atoms with Gasteiger partial charge in [-0.05, 0) is 0 Å². The lowest BCUT2D eigenvalue weighted by atomic mass is 10.6. The SMILES string of the molecule is O=CCCSc1cnccn1. The first kappa shape index (κ1) is 8.20. The third kappa shape index (κ3) is 3.13. The van der Waals surface area contributed by atoms with Crippen LogP contribution in [0, 0.1) is 0 Å². The van der Waals surface area contributed by atoms with E-state index >= 15 is 0 Å². The van der Waals surface area contributed by atoms with Crippen LogP contribution in [-0.2, 0) is 4.79 Å². The van der Waals surface area contributed by atoms with Crippen LogP contribution in [-0.4, -0.2) is 22.0 Å². The summed E-state index contributed by atoms with van der Waals surface area (Å²) in [4.78, 5) is 17.9. The molecule has 0 atom stereocenters. The molecule has 0 amide bonds. The lowest BCUT2D eigenvalue weighted by Gasteiger charge is -1.94. The Labute approximate surface area is 69.3 Å². The first-order valence-electron chi connectivity index (χ1n) is 3.26. The van der Waals surface area contributed by atoms with Crippen molar-refractivity contribution in [3.63, 3.8) is 0 Å². The normalized spacial score (nSPS) is 9.45. The summed E-state index contributed by atoms with van der Waals surface area (Å²) in [7, 11) is 0. The third-order valence-electron chi connectivity index (χ3n) is 1.03. The van der Waals surface area contributed by atoms with Gasteiger partial charge < -0.3 is 4.79 Å². The van der Waals surface area contributed by atoms with Crippen LogP contribution in [0.3, 0.4) is 0 Å². The van der Waals surface area contributed by atoms with Gasteiger partial charge in [0.2, 0.25) is 0 Å². The van der Waals surface area contributed by atoms with E-state index in [0.717, 1.165) is 17.1 Å². The summed E-state index contributed by atoms with van der Waals surface area (Å²) in [5.41, 5.74) is 0. The van der Waals surface area contributed by atoms with Gasteiger partial charge in [-0.2, -0.15) is 0 Å². The molecule has 0 spiro atoms. The summed E-state index contributed by atoms with van der Waals surface area (Å²) in [6.07, 6.45) is 6.44. The molecule has 1 aromatic heterocycles. The average molecular weight is 168 g/mol. The summed E-state index contributed by atoms with van der Waals surface area (Å²) in [5, 5.41) is 0.870. The van der Waals surface area contributed by atoms with Gasteiger partial charge in [0, 0.05) is 24.6 Å². The van der Waals surface area contributed by atoms with E-state index in [-0.39, 0.29) is 0 Å². The van der Waals surface area contributed by atoms with Gasteiger partial charge in [-0.15, -0.1) is 11.8 Å². The number of aromatic nitrogens is 2. The van der Waals surface area contributed by atoms with Gasteiger partial charge in [-0.25, -0.2) is 4.98 Å². The van der Waals surface area contributed by atoms with E-state index in [9.17, 15) is 4.79 Å². The van der Waals surface area contributed by atoms with Gasteiger partial charge in [0.25, 0.3) is 0 Å². The van der Waals surface area contributed by atoms with E-state index in [1.54, 1.807) is 30.4 Å². The van der Waals surface area contributed by atoms with E-state index in [1.807, 2.05) is 0 Å². The van der Waals surface area contributed by atoms with Crippen molar-refractivity contribution in [1.29, 1.82) is 0 Å². The van der Waals surface area contributed by atoms with Crippen molar-refractivity contribution in [2.75, 3.05) is 5.75 Å². The summed E-state index contributed by atoms with van der Waals surface area (Å²) < 4.78 is 0. The topological polar surface area (TPSA) is 42.9 Å². The van der Waals surface area contributed by atoms with E-state index < -0.39 is 0 Å². The molecule has 0 fully saturated rings. The molecule has 11 heavy (non-hydrogen) atoms. The van der Waals surface area contributed by atoms with Gasteiger partial charge in [0.15, 0.2) is 0 Å². The van der Waals surface area contributed by atoms with Crippen LogP contribution in [0.15, 0.2) is 23.6 Å². The van der Waals surface area contributed by atoms with E-state index in [0.29, 0.717) is 6.42 Å². The summed E-state index contributed by atoms with van der Waals surface area (Å²) in [6, 6.07) is 0. The highest BCUT2D eigenvalue weighted by atomic mass is 32.2. The van der Waals surface area contributed by atoms with E-state index in [1.165, 1.54) is 0 Å². The Kier molecular flexibility index (Phi) is 3.61. The zero-order valence-electron chi connectivity index (χ0n) is 5.93. The zero-order valence-corrected chi connectivity index (χ0v) is 6.75. The Morgan fingerprint density at radius 1 is 1.55 bits per heavy atom. The van der Waals surface area contributed by atoms with Crippen molar-refractivity contribution in [3.8, 4) is 0 Å². The number of aldehydes is 1. The third-order valence-corrected chi connectivity index (χ3v) is 1.97. The van der Waals surface area contributed by atoms with Crippen molar-refractivity contribution >= 4 is 18.0 Å². The van der Waals surface area contributed by atoms with Gasteiger partial charge in [-0.3, -0.25) is 4.98 Å². The molecule has 4 heteroatoms. The Balaban J connectivity index is 2.33. The molecule has 0 saturated heterocycles. The smallest absolute Gasteiger partial charge is 0.120 e. The number of carbonyl (C=O) groups excluding carboxylic acids is 1. The van der Waals surface area contributed by atoms with Gasteiger partial charge >= 0.3 is 0 Å². The van der Waals surface area contributed by atoms with Crippen molar-refractivity contribution in [2.24, 2.45) is 0 Å². The van der Waals surface area contributed by atoms with Crippen LogP contribution in [0.4, 0.5) is 0 Å². The monoisotopic (exact) mass is 168 g/mol. The second-order valence-electron chi connectivity index (χ2n) is 1.85. The second-order valence-corrected chi connectivity index (χ2v) is 2.96. The number of thioether (sulfide) groups is 1. The van der Waals surface area contributed by atoms with Crippen LogP contribution >= 0.6 is 11.8 Å². The molecular formula is C7H8N2OS. The summed E-state index contributed by atoms with van der Waals surface area (Å²) in [5.74, 6) is 0.780. The standard InChI is InChI=1S/C7H8N2OS/c10-4-1-5-11-7-6-8-2-3-9-7/h2-4,6H,1,5H2. The molecule has 0 unspecified atom stereocenters. The molecule has 0 saturated carbocycles. The molecule has 1 rings (SSSR count). The Bertz CT molecular complexity index is 215. The maximum absolute atomic E-state index is 9.95. The zero-order chi connectivity index (χ0) is 7.94. The van der Waals surface area contributed by atoms with Crippen LogP contribution in [0.1, 0.15) is 6.42 Å². The molecular weight excluding hydrogens is 160 g/mol. The fraction of sp³-hybridized carbons (Fsp3) is 0.286. The maximum atomic E-state index is 9.95. The van der Waals surface area contributed by atoms with E-state index in [4.69, 9.17) is 0 Å². The second kappa shape index (κ2) is 4.85. The van der Waals surface area contributed by atoms with Crippen molar-refractivity contribution in [2.45, 2.75) is 11.4 Å². The molecule has 58 valence electrons. The molecule has 3 nitrogen and oxygen atoms in total. The molecule has 1 heterocycles. The molecule has 0 aliphatic rings. The number of rotatable bonds is 4. The summed E-state index contributed by atoms with van der Waals surface area (Å²) >= 11 is 1.54. The van der Waals surface area contributed by atoms with Gasteiger partial charge in [0.05, 0.1) is 6.20 Å². The Hall–Kier alpha value is -0.900. The number of hydrogen-bond donors (Lipinski definition) is 0. The van der Waals surface area contributed by atoms with Crippen LogP contribution in [0.2, 0.25) is 0 Å². The van der Waals surface area contributed by atoms with Crippen molar-refractivity contribution in [1.82, 2.24) is 9.97 Å². The largest absolute Gasteiger partial charge is 0.303 e. The maximum Gasteiger partial charge on any atom is 0.120 e. The molecule has 0 bridgehead atoms. The van der Waals surface area contributed by atoms with Crippen LogP contribution in [0.25, 0.3) is 0 Å². The minimum Gasteiger partial charge on any atom is -0.303 e. The molecule has 1 aromatic rings. The molecule has 0 aliphatic carbocycles. The minimum atomic E-state index is 0.571. The highest BCUT2D eigenvalue weighted by Gasteiger charge is 1.92. The lowest BCUT2D eigenvalue weighted by Crippen LogP contribution is -1.84. The van der Waals surface area contributed by atoms with Crippen LogP contribution < -0.4 is 0 Å². The molecule has 0 aromatic carbocycles.